The Morgan fingerprint density at radius 2 is 1.90 bits per heavy atom. The smallest absolute Gasteiger partial charge is 0.273 e. The van der Waals surface area contributed by atoms with E-state index in [0.717, 1.165) is 23.3 Å². The topological polar surface area (TPSA) is 64.4 Å². The normalized spacial score (nSPS) is 14.4. The molecule has 1 N–H and O–H groups in total. The monoisotopic (exact) mass is 404 g/mol. The highest BCUT2D eigenvalue weighted by molar-refractivity contribution is 5.93. The predicted octanol–water partition coefficient (Wildman–Crippen LogP) is 5.37. The van der Waals surface area contributed by atoms with Crippen LogP contribution in [0, 0.1) is 0 Å². The third-order valence-corrected chi connectivity index (χ3v) is 5.85. The Bertz CT molecular complexity index is 972. The van der Waals surface area contributed by atoms with E-state index in [9.17, 15) is 4.79 Å². The number of amides is 1. The van der Waals surface area contributed by atoms with Crippen LogP contribution in [0.1, 0.15) is 59.6 Å². The summed E-state index contributed by atoms with van der Waals surface area (Å²) in [5.74, 6) is 1.87. The molecule has 1 saturated carbocycles. The van der Waals surface area contributed by atoms with Gasteiger partial charge in [-0.15, -0.1) is 0 Å². The van der Waals surface area contributed by atoms with Crippen LogP contribution in [0.15, 0.2) is 59.1 Å². The molecule has 4 rings (SSSR count). The number of nitrogens with one attached hydrogen (secondary N) is 1. The van der Waals surface area contributed by atoms with Crippen LogP contribution in [0.3, 0.4) is 0 Å². The van der Waals surface area contributed by atoms with E-state index in [1.807, 2.05) is 24.3 Å². The third kappa shape index (κ3) is 4.90. The maximum atomic E-state index is 12.4. The van der Waals surface area contributed by atoms with Crippen LogP contribution in [0.5, 0.6) is 5.75 Å². The van der Waals surface area contributed by atoms with E-state index in [0.29, 0.717) is 23.9 Å². The van der Waals surface area contributed by atoms with Crippen LogP contribution >= 0.6 is 0 Å². The van der Waals surface area contributed by atoms with Crippen molar-refractivity contribution in [3.8, 4) is 17.1 Å². The zero-order valence-corrected chi connectivity index (χ0v) is 17.4. The van der Waals surface area contributed by atoms with Gasteiger partial charge >= 0.3 is 0 Å². The molecule has 1 aliphatic carbocycles. The Morgan fingerprint density at radius 1 is 1.10 bits per heavy atom. The van der Waals surface area contributed by atoms with E-state index in [2.05, 4.69) is 34.7 Å². The highest BCUT2D eigenvalue weighted by atomic mass is 16.5. The lowest BCUT2D eigenvalue weighted by atomic mass is 9.84. The quantitative estimate of drug-likeness (QED) is 0.575. The molecule has 30 heavy (non-hydrogen) atoms. The van der Waals surface area contributed by atoms with Crippen molar-refractivity contribution in [1.29, 1.82) is 0 Å². The molecule has 1 fully saturated rings. The van der Waals surface area contributed by atoms with Gasteiger partial charge in [-0.05, 0) is 48.4 Å². The highest BCUT2D eigenvalue weighted by Crippen LogP contribution is 2.33. The summed E-state index contributed by atoms with van der Waals surface area (Å²) in [7, 11) is 1.65. The van der Waals surface area contributed by atoms with Gasteiger partial charge in [0.05, 0.1) is 7.11 Å². The van der Waals surface area contributed by atoms with Crippen LogP contribution < -0.4 is 10.1 Å². The summed E-state index contributed by atoms with van der Waals surface area (Å²) in [4.78, 5) is 12.4. The molecule has 0 bridgehead atoms. The first-order chi connectivity index (χ1) is 14.7. The number of nitrogens with zero attached hydrogens (tertiary/aromatic N) is 1. The second kappa shape index (κ2) is 9.61. The Balaban J connectivity index is 1.33. The van der Waals surface area contributed by atoms with Crippen LogP contribution in [-0.2, 0) is 6.42 Å². The van der Waals surface area contributed by atoms with Gasteiger partial charge in [-0.2, -0.15) is 0 Å². The van der Waals surface area contributed by atoms with Crippen molar-refractivity contribution in [3.63, 3.8) is 0 Å². The zero-order chi connectivity index (χ0) is 20.8. The number of rotatable bonds is 7. The molecular formula is C25H28N2O3. The Morgan fingerprint density at radius 3 is 2.67 bits per heavy atom. The van der Waals surface area contributed by atoms with Gasteiger partial charge in [0, 0.05) is 18.2 Å². The second-order valence-electron chi connectivity index (χ2n) is 7.89. The van der Waals surface area contributed by atoms with Crippen molar-refractivity contribution in [3.05, 3.63) is 71.4 Å². The van der Waals surface area contributed by atoms with Crippen LogP contribution in [0.4, 0.5) is 0 Å². The van der Waals surface area contributed by atoms with Crippen LogP contribution in [-0.4, -0.2) is 24.7 Å². The molecule has 1 aromatic heterocycles. The lowest BCUT2D eigenvalue weighted by Gasteiger charge is -2.21. The van der Waals surface area contributed by atoms with Crippen molar-refractivity contribution in [2.24, 2.45) is 0 Å². The maximum absolute atomic E-state index is 12.4. The molecule has 0 radical (unpaired) electrons. The molecule has 0 spiro atoms. The number of hydrogen-bond acceptors (Lipinski definition) is 4. The number of carbonyl (C=O) groups is 1. The molecule has 0 saturated heterocycles. The molecule has 156 valence electrons. The number of aromatic nitrogens is 1. The third-order valence-electron chi connectivity index (χ3n) is 5.85. The van der Waals surface area contributed by atoms with Crippen molar-refractivity contribution < 1.29 is 14.1 Å². The van der Waals surface area contributed by atoms with Gasteiger partial charge in [-0.25, -0.2) is 0 Å². The maximum Gasteiger partial charge on any atom is 0.273 e. The standard InChI is InChI=1S/C25H28N2O3/c1-29-22-9-5-6-18(16-22)14-15-26-25(28)23-17-24(30-27-23)21-12-10-20(11-13-21)19-7-3-2-4-8-19/h5-6,9-13,16-17,19H,2-4,7-8,14-15H2,1H3,(H,26,28). The van der Waals surface area contributed by atoms with Crippen molar-refractivity contribution in [1.82, 2.24) is 10.5 Å². The number of methoxy groups -OCH3 is 1. The highest BCUT2D eigenvalue weighted by Gasteiger charge is 2.17. The minimum absolute atomic E-state index is 0.230. The van der Waals surface area contributed by atoms with E-state index in [4.69, 9.17) is 9.26 Å². The van der Waals surface area contributed by atoms with Gasteiger partial charge in [0.25, 0.3) is 5.91 Å². The van der Waals surface area contributed by atoms with Gasteiger partial charge in [0.2, 0.25) is 0 Å². The molecule has 3 aromatic rings. The average Bonchev–Trinajstić information content (AvgIpc) is 3.30. The first-order valence-electron chi connectivity index (χ1n) is 10.7. The lowest BCUT2D eigenvalue weighted by molar-refractivity contribution is 0.0945. The van der Waals surface area contributed by atoms with Gasteiger partial charge in [0.1, 0.15) is 5.75 Å². The zero-order valence-electron chi connectivity index (χ0n) is 17.4. The summed E-state index contributed by atoms with van der Waals surface area (Å²) in [6.07, 6.45) is 7.28. The summed E-state index contributed by atoms with van der Waals surface area (Å²) in [5, 5.41) is 6.85. The molecule has 0 atom stereocenters. The molecule has 5 nitrogen and oxygen atoms in total. The molecule has 2 aromatic carbocycles. The summed E-state index contributed by atoms with van der Waals surface area (Å²) in [6, 6.07) is 18.0. The lowest BCUT2D eigenvalue weighted by Crippen LogP contribution is -2.25. The first-order valence-corrected chi connectivity index (χ1v) is 10.7. The van der Waals surface area contributed by atoms with Crippen LogP contribution in [0.25, 0.3) is 11.3 Å². The summed E-state index contributed by atoms with van der Waals surface area (Å²) >= 11 is 0. The minimum atomic E-state index is -0.230. The van der Waals surface area contributed by atoms with Crippen LogP contribution in [0.2, 0.25) is 0 Å². The fourth-order valence-electron chi connectivity index (χ4n) is 4.11. The van der Waals surface area contributed by atoms with Gasteiger partial charge in [-0.3, -0.25) is 4.79 Å². The van der Waals surface area contributed by atoms with Gasteiger partial charge in [-0.1, -0.05) is 60.8 Å². The number of benzene rings is 2. The van der Waals surface area contributed by atoms with E-state index >= 15 is 0 Å². The first kappa shape index (κ1) is 20.2. The van der Waals surface area contributed by atoms with Crippen molar-refractivity contribution >= 4 is 5.91 Å². The SMILES string of the molecule is COc1cccc(CCNC(=O)c2cc(-c3ccc(C4CCCCC4)cc3)on2)c1. The molecule has 5 heteroatoms. The summed E-state index contributed by atoms with van der Waals surface area (Å²) in [5.41, 5.74) is 3.74. The Labute approximate surface area is 177 Å². The minimum Gasteiger partial charge on any atom is -0.497 e. The fraction of sp³-hybridized carbons (Fsp3) is 0.360. The predicted molar refractivity (Wildman–Crippen MR) is 117 cm³/mol. The van der Waals surface area contributed by atoms with Gasteiger partial charge in [0.15, 0.2) is 11.5 Å². The van der Waals surface area contributed by atoms with E-state index in [1.54, 1.807) is 13.2 Å². The Kier molecular flexibility index (Phi) is 6.47. The molecular weight excluding hydrogens is 376 g/mol. The Hall–Kier alpha value is -3.08. The molecule has 0 unspecified atom stereocenters. The molecule has 1 heterocycles. The molecule has 0 aliphatic heterocycles. The number of hydrogen-bond donors (Lipinski definition) is 1. The molecule has 1 amide bonds. The summed E-state index contributed by atoms with van der Waals surface area (Å²) in [6.45, 7) is 0.518. The summed E-state index contributed by atoms with van der Waals surface area (Å²) < 4.78 is 10.7. The second-order valence-corrected chi connectivity index (χ2v) is 7.89. The van der Waals surface area contributed by atoms with E-state index in [1.165, 1.54) is 37.7 Å². The van der Waals surface area contributed by atoms with E-state index in [-0.39, 0.29) is 5.91 Å². The largest absolute Gasteiger partial charge is 0.497 e. The van der Waals surface area contributed by atoms with E-state index < -0.39 is 0 Å². The van der Waals surface area contributed by atoms with Crippen molar-refractivity contribution in [2.75, 3.05) is 13.7 Å². The average molecular weight is 405 g/mol. The van der Waals surface area contributed by atoms with Crippen molar-refractivity contribution in [2.45, 2.75) is 44.4 Å². The molecule has 1 aliphatic rings. The number of ether oxygens (including phenoxy) is 1. The number of carbonyl (C=O) groups excluding carboxylic acids is 1. The van der Waals surface area contributed by atoms with Gasteiger partial charge < -0.3 is 14.6 Å². The fourth-order valence-corrected chi connectivity index (χ4v) is 4.11.